The number of likely N-dealkylation sites (tertiary alicyclic amines) is 1. The van der Waals surface area contributed by atoms with Crippen molar-refractivity contribution in [3.8, 4) is 5.75 Å². The Morgan fingerprint density at radius 3 is 3.00 bits per heavy atom. The maximum Gasteiger partial charge on any atom is 0.137 e. The van der Waals surface area contributed by atoms with Crippen LogP contribution in [0.15, 0.2) is 36.8 Å². The summed E-state index contributed by atoms with van der Waals surface area (Å²) in [5.41, 5.74) is 1.26. The summed E-state index contributed by atoms with van der Waals surface area (Å²) in [5, 5.41) is 0.685. The van der Waals surface area contributed by atoms with Crippen molar-refractivity contribution in [2.45, 2.75) is 19.4 Å². The van der Waals surface area contributed by atoms with Crippen LogP contribution in [0.25, 0.3) is 0 Å². The van der Waals surface area contributed by atoms with E-state index in [1.807, 2.05) is 43.8 Å². The topological polar surface area (TPSA) is 30.3 Å². The number of nitrogens with zero attached hydrogens (tertiary/aromatic N) is 3. The van der Waals surface area contributed by atoms with Gasteiger partial charge >= 0.3 is 0 Å². The van der Waals surface area contributed by atoms with Crippen molar-refractivity contribution in [2.24, 2.45) is 13.0 Å². The number of ether oxygens (including phenoxy) is 1. The first-order valence-corrected chi connectivity index (χ1v) is 8.15. The standard InChI is InChI=1S/C17H22ClN3O/c1-20-13-19-9-15(20)11-21-8-4-5-14(10-21)12-22-17-7-3-2-6-16(17)18/h2-3,6-7,9,13-14H,4-5,8,10-12H2,1H3. The van der Waals surface area contributed by atoms with E-state index in [0.717, 1.165) is 32.0 Å². The van der Waals surface area contributed by atoms with E-state index in [-0.39, 0.29) is 0 Å². The minimum absolute atomic E-state index is 0.554. The lowest BCUT2D eigenvalue weighted by atomic mass is 9.99. The van der Waals surface area contributed by atoms with Crippen molar-refractivity contribution in [1.82, 2.24) is 14.5 Å². The maximum absolute atomic E-state index is 6.14. The molecule has 0 bridgehead atoms. The number of hydrogen-bond acceptors (Lipinski definition) is 3. The van der Waals surface area contributed by atoms with Gasteiger partial charge in [-0.05, 0) is 31.5 Å². The Balaban J connectivity index is 1.52. The quantitative estimate of drug-likeness (QED) is 0.846. The van der Waals surface area contributed by atoms with Crippen LogP contribution >= 0.6 is 11.6 Å². The molecule has 1 aromatic carbocycles. The fourth-order valence-electron chi connectivity index (χ4n) is 2.97. The van der Waals surface area contributed by atoms with Crippen LogP contribution in [0.1, 0.15) is 18.5 Å². The molecule has 118 valence electrons. The predicted molar refractivity (Wildman–Crippen MR) is 88.2 cm³/mol. The molecule has 0 aliphatic carbocycles. The van der Waals surface area contributed by atoms with Gasteiger partial charge in [0.2, 0.25) is 0 Å². The van der Waals surface area contributed by atoms with Crippen molar-refractivity contribution in [2.75, 3.05) is 19.7 Å². The zero-order valence-corrected chi connectivity index (χ0v) is 13.7. The summed E-state index contributed by atoms with van der Waals surface area (Å²) in [6.07, 6.45) is 6.24. The summed E-state index contributed by atoms with van der Waals surface area (Å²) >= 11 is 6.14. The highest BCUT2D eigenvalue weighted by molar-refractivity contribution is 6.32. The third-order valence-electron chi connectivity index (χ3n) is 4.22. The third kappa shape index (κ3) is 3.81. The van der Waals surface area contributed by atoms with Crippen LogP contribution in [-0.2, 0) is 13.6 Å². The summed E-state index contributed by atoms with van der Waals surface area (Å²) in [6.45, 7) is 3.90. The predicted octanol–water partition coefficient (Wildman–Crippen LogP) is 3.36. The molecular weight excluding hydrogens is 298 g/mol. The van der Waals surface area contributed by atoms with E-state index in [9.17, 15) is 0 Å². The van der Waals surface area contributed by atoms with Crippen LogP contribution in [0.4, 0.5) is 0 Å². The number of benzene rings is 1. The largest absolute Gasteiger partial charge is 0.492 e. The second-order valence-electron chi connectivity index (χ2n) is 5.98. The molecule has 0 N–H and O–H groups in total. The van der Waals surface area contributed by atoms with Gasteiger partial charge in [0.1, 0.15) is 5.75 Å². The van der Waals surface area contributed by atoms with E-state index in [1.165, 1.54) is 18.5 Å². The summed E-state index contributed by atoms with van der Waals surface area (Å²) in [7, 11) is 2.05. The summed E-state index contributed by atoms with van der Waals surface area (Å²) in [4.78, 5) is 6.68. The third-order valence-corrected chi connectivity index (χ3v) is 4.53. The molecule has 2 heterocycles. The van der Waals surface area contributed by atoms with Gasteiger partial charge in [-0.25, -0.2) is 4.98 Å². The Morgan fingerprint density at radius 1 is 1.36 bits per heavy atom. The van der Waals surface area contributed by atoms with Gasteiger partial charge in [0.15, 0.2) is 0 Å². The van der Waals surface area contributed by atoms with Gasteiger partial charge < -0.3 is 9.30 Å². The molecule has 4 nitrogen and oxygen atoms in total. The molecule has 0 spiro atoms. The normalized spacial score (nSPS) is 19.3. The van der Waals surface area contributed by atoms with Crippen LogP contribution in [-0.4, -0.2) is 34.1 Å². The van der Waals surface area contributed by atoms with Crippen LogP contribution in [0, 0.1) is 5.92 Å². The van der Waals surface area contributed by atoms with Crippen molar-refractivity contribution in [3.05, 3.63) is 47.5 Å². The zero-order chi connectivity index (χ0) is 15.4. The molecule has 1 atom stereocenters. The fraction of sp³-hybridized carbons (Fsp3) is 0.471. The zero-order valence-electron chi connectivity index (χ0n) is 12.9. The first kappa shape index (κ1) is 15.4. The molecular formula is C17H22ClN3O. The minimum atomic E-state index is 0.554. The number of halogens is 1. The summed E-state index contributed by atoms with van der Waals surface area (Å²) < 4.78 is 7.99. The van der Waals surface area contributed by atoms with Crippen molar-refractivity contribution >= 4 is 11.6 Å². The second-order valence-corrected chi connectivity index (χ2v) is 6.39. The number of aryl methyl sites for hydroxylation is 1. The molecule has 5 heteroatoms. The first-order valence-electron chi connectivity index (χ1n) is 7.77. The number of rotatable bonds is 5. The Bertz CT molecular complexity index is 613. The van der Waals surface area contributed by atoms with Gasteiger partial charge in [-0.2, -0.15) is 0 Å². The van der Waals surface area contributed by atoms with Crippen molar-refractivity contribution in [3.63, 3.8) is 0 Å². The van der Waals surface area contributed by atoms with E-state index in [4.69, 9.17) is 16.3 Å². The van der Waals surface area contributed by atoms with Crippen molar-refractivity contribution < 1.29 is 4.74 Å². The van der Waals surface area contributed by atoms with E-state index >= 15 is 0 Å². The Labute approximate surface area is 136 Å². The molecule has 22 heavy (non-hydrogen) atoms. The van der Waals surface area contributed by atoms with Crippen molar-refractivity contribution in [1.29, 1.82) is 0 Å². The number of hydrogen-bond donors (Lipinski definition) is 0. The maximum atomic E-state index is 6.14. The van der Waals surface area contributed by atoms with E-state index in [1.54, 1.807) is 0 Å². The second kappa shape index (κ2) is 7.16. The van der Waals surface area contributed by atoms with Gasteiger partial charge in [0.05, 0.1) is 23.7 Å². The van der Waals surface area contributed by atoms with Gasteiger partial charge in [0, 0.05) is 32.3 Å². The highest BCUT2D eigenvalue weighted by atomic mass is 35.5. The van der Waals surface area contributed by atoms with E-state index < -0.39 is 0 Å². The fourth-order valence-corrected chi connectivity index (χ4v) is 3.16. The Kier molecular flexibility index (Phi) is 5.01. The Morgan fingerprint density at radius 2 is 2.23 bits per heavy atom. The number of para-hydroxylation sites is 1. The minimum Gasteiger partial charge on any atom is -0.492 e. The molecule has 1 fully saturated rings. The molecule has 1 aliphatic heterocycles. The molecule has 1 unspecified atom stereocenters. The Hall–Kier alpha value is -1.52. The summed E-state index contributed by atoms with van der Waals surface area (Å²) in [6, 6.07) is 7.67. The van der Waals surface area contributed by atoms with E-state index in [2.05, 4.69) is 14.5 Å². The SMILES string of the molecule is Cn1cncc1CN1CCCC(COc2ccccc2Cl)C1. The smallest absolute Gasteiger partial charge is 0.137 e. The molecule has 0 radical (unpaired) electrons. The van der Waals surface area contributed by atoms with Gasteiger partial charge in [-0.15, -0.1) is 0 Å². The van der Waals surface area contributed by atoms with Crippen LogP contribution in [0.3, 0.4) is 0 Å². The van der Waals surface area contributed by atoms with Crippen LogP contribution in [0.5, 0.6) is 5.75 Å². The molecule has 1 saturated heterocycles. The first-order chi connectivity index (χ1) is 10.7. The monoisotopic (exact) mass is 319 g/mol. The number of imidazole rings is 1. The molecule has 1 aliphatic rings. The lowest BCUT2D eigenvalue weighted by Gasteiger charge is -2.32. The molecule has 0 amide bonds. The lowest BCUT2D eigenvalue weighted by Crippen LogP contribution is -2.37. The van der Waals surface area contributed by atoms with Crippen LogP contribution < -0.4 is 4.74 Å². The average molecular weight is 320 g/mol. The van der Waals surface area contributed by atoms with Gasteiger partial charge in [-0.3, -0.25) is 4.90 Å². The summed E-state index contributed by atoms with van der Waals surface area (Å²) in [5.74, 6) is 1.34. The average Bonchev–Trinajstić information content (AvgIpc) is 2.92. The lowest BCUT2D eigenvalue weighted by molar-refractivity contribution is 0.123. The highest BCUT2D eigenvalue weighted by Gasteiger charge is 2.21. The van der Waals surface area contributed by atoms with Crippen LogP contribution in [0.2, 0.25) is 5.02 Å². The number of piperidine rings is 1. The van der Waals surface area contributed by atoms with Gasteiger partial charge in [0.25, 0.3) is 0 Å². The van der Waals surface area contributed by atoms with E-state index in [0.29, 0.717) is 10.9 Å². The number of aromatic nitrogens is 2. The highest BCUT2D eigenvalue weighted by Crippen LogP contribution is 2.25. The molecule has 0 saturated carbocycles. The van der Waals surface area contributed by atoms with Gasteiger partial charge in [-0.1, -0.05) is 23.7 Å². The molecule has 1 aromatic heterocycles. The molecule has 3 rings (SSSR count). The molecule has 2 aromatic rings.